The van der Waals surface area contributed by atoms with Gasteiger partial charge < -0.3 is 9.80 Å². The number of benzene rings is 1. The molecule has 1 saturated heterocycles. The van der Waals surface area contributed by atoms with Gasteiger partial charge >= 0.3 is 0 Å². The van der Waals surface area contributed by atoms with Crippen LogP contribution in [0.5, 0.6) is 0 Å². The average molecular weight is 472 g/mol. The molecule has 10 heteroatoms. The number of carbonyl (C=O) groups is 2. The fraction of sp³-hybridized carbons (Fsp3) is 0.381. The van der Waals surface area contributed by atoms with Crippen LogP contribution in [-0.2, 0) is 16.1 Å². The lowest BCUT2D eigenvalue weighted by atomic mass is 9.66. The summed E-state index contributed by atoms with van der Waals surface area (Å²) in [7, 11) is 0. The Morgan fingerprint density at radius 3 is 2.52 bits per heavy atom. The molecule has 164 valence electrons. The molecule has 0 unspecified atom stereocenters. The molecule has 1 aliphatic heterocycles. The number of pyridine rings is 1. The third-order valence-corrected chi connectivity index (χ3v) is 6.43. The van der Waals surface area contributed by atoms with E-state index in [4.69, 9.17) is 23.2 Å². The quantitative estimate of drug-likeness (QED) is 0.599. The summed E-state index contributed by atoms with van der Waals surface area (Å²) in [5.74, 6) is -1.31. The van der Waals surface area contributed by atoms with E-state index in [-0.39, 0.29) is 41.9 Å². The molecule has 2 fully saturated rings. The predicted octanol–water partition coefficient (Wildman–Crippen LogP) is 4.57. The topological polar surface area (TPSA) is 53.5 Å². The smallest absolute Gasteiger partial charge is 0.263 e. The maximum Gasteiger partial charge on any atom is 0.263 e. The predicted molar refractivity (Wildman–Crippen MR) is 110 cm³/mol. The van der Waals surface area contributed by atoms with E-state index in [0.717, 1.165) is 6.07 Å². The monoisotopic (exact) mass is 471 g/mol. The van der Waals surface area contributed by atoms with Crippen molar-refractivity contribution < 1.29 is 22.8 Å². The molecule has 0 bridgehead atoms. The molecule has 2 aliphatic rings. The number of alkyl halides is 2. The van der Waals surface area contributed by atoms with Gasteiger partial charge in [0.25, 0.3) is 6.43 Å². The summed E-state index contributed by atoms with van der Waals surface area (Å²) in [6.45, 7) is 0.345. The first-order valence-electron chi connectivity index (χ1n) is 9.61. The van der Waals surface area contributed by atoms with Crippen LogP contribution in [0.15, 0.2) is 36.5 Å². The van der Waals surface area contributed by atoms with Crippen LogP contribution in [0.25, 0.3) is 0 Å². The molecular formula is C21H18Cl2F3N3O2. The number of halogens is 5. The Morgan fingerprint density at radius 1 is 1.26 bits per heavy atom. The Kier molecular flexibility index (Phi) is 5.87. The standard InChI is InChI=1S/C21H18Cl2F3N3O2/c22-15-5-16(24)20(27-8-15)28-10-17(30)29(21(11-28)6-14(7-21)18(23)31)9-12-1-3-13(4-2-12)19(25)26/h1-5,8,14,19H,6-7,9-11H2. The molecule has 0 N–H and O–H groups in total. The van der Waals surface area contributed by atoms with Gasteiger partial charge in [0.2, 0.25) is 11.1 Å². The van der Waals surface area contributed by atoms with E-state index in [0.29, 0.717) is 18.4 Å². The normalized spacial score (nSPS) is 23.4. The lowest BCUT2D eigenvalue weighted by molar-refractivity contribution is -0.150. The van der Waals surface area contributed by atoms with E-state index in [2.05, 4.69) is 4.98 Å². The number of rotatable bonds is 5. The number of hydrogen-bond acceptors (Lipinski definition) is 4. The van der Waals surface area contributed by atoms with Gasteiger partial charge in [0.05, 0.1) is 17.1 Å². The van der Waals surface area contributed by atoms with Gasteiger partial charge in [-0.05, 0) is 36.1 Å². The largest absolute Gasteiger partial charge is 0.343 e. The van der Waals surface area contributed by atoms with Crippen LogP contribution in [0.3, 0.4) is 0 Å². The molecule has 5 nitrogen and oxygen atoms in total. The molecule has 4 rings (SSSR count). The van der Waals surface area contributed by atoms with Crippen LogP contribution < -0.4 is 4.90 Å². The van der Waals surface area contributed by atoms with Crippen LogP contribution >= 0.6 is 23.2 Å². The van der Waals surface area contributed by atoms with Crippen LogP contribution in [0.1, 0.15) is 30.4 Å². The van der Waals surface area contributed by atoms with Crippen molar-refractivity contribution in [3.63, 3.8) is 0 Å². The molecule has 0 atom stereocenters. The zero-order chi connectivity index (χ0) is 22.3. The summed E-state index contributed by atoms with van der Waals surface area (Å²) in [6, 6.07) is 6.89. The Morgan fingerprint density at radius 2 is 1.94 bits per heavy atom. The molecule has 1 spiro atoms. The minimum atomic E-state index is -2.57. The van der Waals surface area contributed by atoms with Gasteiger partial charge in [-0.15, -0.1) is 0 Å². The molecule has 2 heterocycles. The zero-order valence-corrected chi connectivity index (χ0v) is 17.7. The van der Waals surface area contributed by atoms with Crippen LogP contribution in [0.2, 0.25) is 5.02 Å². The van der Waals surface area contributed by atoms with Gasteiger partial charge in [0.15, 0.2) is 11.6 Å². The Balaban J connectivity index is 1.61. The number of amides is 1. The van der Waals surface area contributed by atoms with E-state index in [1.54, 1.807) is 21.9 Å². The van der Waals surface area contributed by atoms with E-state index >= 15 is 0 Å². The first kappa shape index (κ1) is 21.9. The van der Waals surface area contributed by atoms with E-state index in [1.165, 1.54) is 18.3 Å². The first-order valence-corrected chi connectivity index (χ1v) is 10.4. The minimum absolute atomic E-state index is 0.0127. The summed E-state index contributed by atoms with van der Waals surface area (Å²) in [5.41, 5.74) is -0.156. The third kappa shape index (κ3) is 4.23. The van der Waals surface area contributed by atoms with Crippen LogP contribution in [0.4, 0.5) is 19.0 Å². The fourth-order valence-electron chi connectivity index (χ4n) is 4.37. The summed E-state index contributed by atoms with van der Waals surface area (Å²) in [4.78, 5) is 31.9. The summed E-state index contributed by atoms with van der Waals surface area (Å²) < 4.78 is 40.1. The highest BCUT2D eigenvalue weighted by Gasteiger charge is 2.55. The minimum Gasteiger partial charge on any atom is -0.343 e. The number of piperazine rings is 1. The van der Waals surface area contributed by atoms with Gasteiger partial charge in [0.1, 0.15) is 0 Å². The number of nitrogens with zero attached hydrogens (tertiary/aromatic N) is 3. The highest BCUT2D eigenvalue weighted by molar-refractivity contribution is 6.64. The summed E-state index contributed by atoms with van der Waals surface area (Å²) in [5, 5.41) is -0.336. The summed E-state index contributed by atoms with van der Waals surface area (Å²) in [6.07, 6.45) is -0.599. The zero-order valence-electron chi connectivity index (χ0n) is 16.2. The van der Waals surface area contributed by atoms with Gasteiger partial charge in [-0.1, -0.05) is 35.9 Å². The Hall–Kier alpha value is -2.32. The van der Waals surface area contributed by atoms with Crippen molar-refractivity contribution in [1.29, 1.82) is 0 Å². The van der Waals surface area contributed by atoms with Crippen molar-refractivity contribution in [2.24, 2.45) is 5.92 Å². The average Bonchev–Trinajstić information content (AvgIpc) is 2.68. The third-order valence-electron chi connectivity index (χ3n) is 5.92. The van der Waals surface area contributed by atoms with E-state index < -0.39 is 28.9 Å². The molecule has 2 aromatic rings. The van der Waals surface area contributed by atoms with Crippen molar-refractivity contribution >= 4 is 40.2 Å². The molecule has 1 amide bonds. The molecule has 1 aromatic carbocycles. The first-order chi connectivity index (χ1) is 14.7. The van der Waals surface area contributed by atoms with Crippen LogP contribution in [0, 0.1) is 11.7 Å². The van der Waals surface area contributed by atoms with Crippen LogP contribution in [-0.4, -0.2) is 39.7 Å². The van der Waals surface area contributed by atoms with Crippen molar-refractivity contribution in [3.05, 3.63) is 58.5 Å². The van der Waals surface area contributed by atoms with Crippen molar-refractivity contribution in [2.45, 2.75) is 31.4 Å². The highest BCUT2D eigenvalue weighted by Crippen LogP contribution is 2.47. The Bertz CT molecular complexity index is 1010. The second-order valence-electron chi connectivity index (χ2n) is 7.97. The maximum absolute atomic E-state index is 14.4. The Labute approximate surface area is 186 Å². The SMILES string of the molecule is O=C(Cl)C1CC2(C1)CN(c1ncc(Cl)cc1F)CC(=O)N2Cc1ccc(C(F)F)cc1. The van der Waals surface area contributed by atoms with Gasteiger partial charge in [0, 0.05) is 30.8 Å². The van der Waals surface area contributed by atoms with Crippen molar-refractivity contribution in [1.82, 2.24) is 9.88 Å². The highest BCUT2D eigenvalue weighted by atomic mass is 35.5. The molecule has 1 saturated carbocycles. The fourth-order valence-corrected chi connectivity index (χ4v) is 4.67. The maximum atomic E-state index is 14.4. The van der Waals surface area contributed by atoms with Crippen molar-refractivity contribution in [3.8, 4) is 0 Å². The second kappa shape index (κ2) is 8.31. The van der Waals surface area contributed by atoms with E-state index in [1.807, 2.05) is 0 Å². The van der Waals surface area contributed by atoms with Crippen molar-refractivity contribution in [2.75, 3.05) is 18.0 Å². The molecule has 31 heavy (non-hydrogen) atoms. The molecular weight excluding hydrogens is 454 g/mol. The molecule has 1 aromatic heterocycles. The lowest BCUT2D eigenvalue weighted by Gasteiger charge is -2.58. The molecule has 1 aliphatic carbocycles. The number of carbonyl (C=O) groups excluding carboxylic acids is 2. The lowest BCUT2D eigenvalue weighted by Crippen LogP contribution is -2.70. The van der Waals surface area contributed by atoms with Gasteiger partial charge in [-0.3, -0.25) is 9.59 Å². The van der Waals surface area contributed by atoms with Gasteiger partial charge in [-0.25, -0.2) is 18.2 Å². The summed E-state index contributed by atoms with van der Waals surface area (Å²) >= 11 is 11.4. The van der Waals surface area contributed by atoms with E-state index in [9.17, 15) is 22.8 Å². The second-order valence-corrected chi connectivity index (χ2v) is 8.78. The number of hydrogen-bond donors (Lipinski definition) is 0. The van der Waals surface area contributed by atoms with Gasteiger partial charge in [-0.2, -0.15) is 0 Å². The number of anilines is 1. The molecule has 0 radical (unpaired) electrons. The number of aromatic nitrogens is 1.